The Morgan fingerprint density at radius 2 is 1.90 bits per heavy atom. The Kier molecular flexibility index (Phi) is 3.30. The topological polar surface area (TPSA) is 49.4 Å². The fourth-order valence-electron chi connectivity index (χ4n) is 3.77. The first-order chi connectivity index (χ1) is 9.52. The summed E-state index contributed by atoms with van der Waals surface area (Å²) in [6.45, 7) is 4.62. The van der Waals surface area contributed by atoms with E-state index < -0.39 is 11.1 Å². The largest absolute Gasteiger partial charge is 0.340 e. The van der Waals surface area contributed by atoms with Gasteiger partial charge < -0.3 is 10.2 Å². The summed E-state index contributed by atoms with van der Waals surface area (Å²) in [5.41, 5.74) is -1.23. The molecule has 1 saturated heterocycles. The van der Waals surface area contributed by atoms with Crippen LogP contribution in [-0.4, -0.2) is 34.3 Å². The zero-order chi connectivity index (χ0) is 14.4. The van der Waals surface area contributed by atoms with E-state index in [1.165, 1.54) is 12.8 Å². The first-order valence-corrected chi connectivity index (χ1v) is 8.16. The molecular formula is C16H26N2O2. The minimum atomic E-state index is -0.700. The van der Waals surface area contributed by atoms with Crippen LogP contribution in [0.3, 0.4) is 0 Å². The number of piperazine rings is 1. The number of hydrogen-bond acceptors (Lipinski definition) is 2. The van der Waals surface area contributed by atoms with Crippen LogP contribution in [0.15, 0.2) is 0 Å². The van der Waals surface area contributed by atoms with Gasteiger partial charge in [-0.25, -0.2) is 0 Å². The SMILES string of the molecule is CCC1(C)NC(=O)C2(CCCC2)N(CCC2CC2)C1=O. The number of nitrogens with zero attached hydrogens (tertiary/aromatic N) is 1. The van der Waals surface area contributed by atoms with Crippen molar-refractivity contribution in [2.24, 2.45) is 5.92 Å². The smallest absolute Gasteiger partial charge is 0.248 e. The number of nitrogens with one attached hydrogen (secondary N) is 1. The zero-order valence-electron chi connectivity index (χ0n) is 12.7. The van der Waals surface area contributed by atoms with Crippen molar-refractivity contribution >= 4 is 11.8 Å². The van der Waals surface area contributed by atoms with Crippen molar-refractivity contribution in [3.05, 3.63) is 0 Å². The van der Waals surface area contributed by atoms with E-state index in [-0.39, 0.29) is 11.8 Å². The minimum absolute atomic E-state index is 0.0924. The van der Waals surface area contributed by atoms with Gasteiger partial charge in [-0.3, -0.25) is 9.59 Å². The van der Waals surface area contributed by atoms with E-state index in [0.717, 1.165) is 44.6 Å². The number of carbonyl (C=O) groups is 2. The maximum atomic E-state index is 12.9. The van der Waals surface area contributed by atoms with Crippen LogP contribution in [0.5, 0.6) is 0 Å². The third-order valence-electron chi connectivity index (χ3n) is 5.64. The lowest BCUT2D eigenvalue weighted by Gasteiger charge is -2.50. The quantitative estimate of drug-likeness (QED) is 0.857. The monoisotopic (exact) mass is 278 g/mol. The molecule has 4 nitrogen and oxygen atoms in total. The number of hydrogen-bond donors (Lipinski definition) is 1. The highest BCUT2D eigenvalue weighted by Gasteiger charge is 2.56. The molecule has 20 heavy (non-hydrogen) atoms. The molecule has 3 rings (SSSR count). The molecule has 4 heteroatoms. The average Bonchev–Trinajstić information content (AvgIpc) is 3.13. The molecule has 2 saturated carbocycles. The van der Waals surface area contributed by atoms with Crippen LogP contribution < -0.4 is 5.32 Å². The highest BCUT2D eigenvalue weighted by molar-refractivity contribution is 6.02. The van der Waals surface area contributed by atoms with E-state index in [9.17, 15) is 9.59 Å². The third-order valence-corrected chi connectivity index (χ3v) is 5.64. The summed E-state index contributed by atoms with van der Waals surface area (Å²) in [5.74, 6) is 1.02. The Morgan fingerprint density at radius 3 is 2.45 bits per heavy atom. The molecule has 1 unspecified atom stereocenters. The molecule has 0 aromatic carbocycles. The van der Waals surface area contributed by atoms with Gasteiger partial charge in [0.05, 0.1) is 0 Å². The first-order valence-electron chi connectivity index (χ1n) is 8.16. The van der Waals surface area contributed by atoms with Gasteiger partial charge in [0.1, 0.15) is 11.1 Å². The summed E-state index contributed by atoms with van der Waals surface area (Å²) in [7, 11) is 0. The lowest BCUT2D eigenvalue weighted by molar-refractivity contribution is -0.162. The van der Waals surface area contributed by atoms with Gasteiger partial charge in [0, 0.05) is 6.54 Å². The highest BCUT2D eigenvalue weighted by atomic mass is 16.2. The van der Waals surface area contributed by atoms with Gasteiger partial charge >= 0.3 is 0 Å². The molecule has 0 aromatic heterocycles. The maximum Gasteiger partial charge on any atom is 0.248 e. The Bertz CT molecular complexity index is 424. The van der Waals surface area contributed by atoms with Crippen molar-refractivity contribution in [1.29, 1.82) is 0 Å². The molecule has 1 atom stereocenters. The van der Waals surface area contributed by atoms with E-state index in [4.69, 9.17) is 0 Å². The molecule has 1 aliphatic heterocycles. The van der Waals surface area contributed by atoms with E-state index in [0.29, 0.717) is 6.42 Å². The lowest BCUT2D eigenvalue weighted by atomic mass is 9.83. The van der Waals surface area contributed by atoms with Gasteiger partial charge in [0.2, 0.25) is 11.8 Å². The summed E-state index contributed by atoms with van der Waals surface area (Å²) < 4.78 is 0. The Labute approximate surface area is 121 Å². The predicted molar refractivity (Wildman–Crippen MR) is 77.1 cm³/mol. The van der Waals surface area contributed by atoms with E-state index in [1.807, 2.05) is 18.7 Å². The molecule has 1 spiro atoms. The molecule has 0 bridgehead atoms. The van der Waals surface area contributed by atoms with Gasteiger partial charge in [0.15, 0.2) is 0 Å². The molecule has 0 aromatic rings. The summed E-state index contributed by atoms with van der Waals surface area (Å²) >= 11 is 0. The maximum absolute atomic E-state index is 12.9. The van der Waals surface area contributed by atoms with Crippen LogP contribution in [0.2, 0.25) is 0 Å². The van der Waals surface area contributed by atoms with Crippen molar-refractivity contribution in [1.82, 2.24) is 10.2 Å². The van der Waals surface area contributed by atoms with Gasteiger partial charge in [-0.1, -0.05) is 32.6 Å². The van der Waals surface area contributed by atoms with Gasteiger partial charge in [0.25, 0.3) is 0 Å². The standard InChI is InChI=1S/C16H26N2O2/c1-3-15(2)14(20)18(11-8-12-6-7-12)16(13(19)17-15)9-4-5-10-16/h12H,3-11H2,1-2H3,(H,17,19). The fraction of sp³-hybridized carbons (Fsp3) is 0.875. The van der Waals surface area contributed by atoms with Crippen LogP contribution >= 0.6 is 0 Å². The number of carbonyl (C=O) groups excluding carboxylic acids is 2. The molecule has 2 aliphatic carbocycles. The van der Waals surface area contributed by atoms with E-state index in [1.54, 1.807) is 0 Å². The third kappa shape index (κ3) is 2.04. The molecular weight excluding hydrogens is 252 g/mol. The summed E-state index contributed by atoms with van der Waals surface area (Å²) in [6, 6.07) is 0. The normalized spacial score (nSPS) is 32.8. The van der Waals surface area contributed by atoms with Crippen molar-refractivity contribution in [2.75, 3.05) is 6.54 Å². The second kappa shape index (κ2) is 4.74. The predicted octanol–water partition coefficient (Wildman–Crippen LogP) is 2.23. The van der Waals surface area contributed by atoms with Crippen molar-refractivity contribution in [3.8, 4) is 0 Å². The van der Waals surface area contributed by atoms with Crippen LogP contribution in [0.25, 0.3) is 0 Å². The Morgan fingerprint density at radius 1 is 1.25 bits per heavy atom. The average molecular weight is 278 g/mol. The highest BCUT2D eigenvalue weighted by Crippen LogP contribution is 2.42. The number of rotatable bonds is 4. The van der Waals surface area contributed by atoms with Crippen LogP contribution in [-0.2, 0) is 9.59 Å². The van der Waals surface area contributed by atoms with Crippen LogP contribution in [0.4, 0.5) is 0 Å². The summed E-state index contributed by atoms with van der Waals surface area (Å²) in [6.07, 6.45) is 8.13. The van der Waals surface area contributed by atoms with Crippen molar-refractivity contribution in [3.63, 3.8) is 0 Å². The van der Waals surface area contributed by atoms with E-state index in [2.05, 4.69) is 5.32 Å². The summed E-state index contributed by atoms with van der Waals surface area (Å²) in [5, 5.41) is 3.03. The van der Waals surface area contributed by atoms with Gasteiger partial charge in [-0.15, -0.1) is 0 Å². The first kappa shape index (κ1) is 13.9. The van der Waals surface area contributed by atoms with Gasteiger partial charge in [-0.05, 0) is 38.5 Å². The molecule has 1 heterocycles. The van der Waals surface area contributed by atoms with Crippen LogP contribution in [0, 0.1) is 5.92 Å². The molecule has 2 amide bonds. The number of amides is 2. The van der Waals surface area contributed by atoms with E-state index >= 15 is 0 Å². The molecule has 3 fully saturated rings. The molecule has 3 aliphatic rings. The zero-order valence-corrected chi connectivity index (χ0v) is 12.7. The fourth-order valence-corrected chi connectivity index (χ4v) is 3.77. The summed E-state index contributed by atoms with van der Waals surface area (Å²) in [4.78, 5) is 27.6. The van der Waals surface area contributed by atoms with Crippen LogP contribution in [0.1, 0.15) is 65.2 Å². The lowest BCUT2D eigenvalue weighted by Crippen LogP contribution is -2.74. The molecule has 0 radical (unpaired) electrons. The van der Waals surface area contributed by atoms with Gasteiger partial charge in [-0.2, -0.15) is 0 Å². The second-order valence-corrected chi connectivity index (χ2v) is 7.07. The van der Waals surface area contributed by atoms with Crippen molar-refractivity contribution in [2.45, 2.75) is 76.3 Å². The van der Waals surface area contributed by atoms with Crippen molar-refractivity contribution < 1.29 is 9.59 Å². The minimum Gasteiger partial charge on any atom is -0.340 e. The Balaban J connectivity index is 1.87. The second-order valence-electron chi connectivity index (χ2n) is 7.07. The Hall–Kier alpha value is -1.06. The molecule has 1 N–H and O–H groups in total. The molecule has 112 valence electrons.